The van der Waals surface area contributed by atoms with Crippen molar-refractivity contribution in [3.05, 3.63) is 59.0 Å². The van der Waals surface area contributed by atoms with Gasteiger partial charge in [0.25, 0.3) is 5.56 Å². The molecule has 2 atom stereocenters. The van der Waals surface area contributed by atoms with Gasteiger partial charge in [-0.3, -0.25) is 9.48 Å². The predicted molar refractivity (Wildman–Crippen MR) is 139 cm³/mol. The molecule has 1 aliphatic rings. The van der Waals surface area contributed by atoms with Crippen LogP contribution in [0.3, 0.4) is 0 Å². The van der Waals surface area contributed by atoms with Crippen molar-refractivity contribution < 1.29 is 17.9 Å². The lowest BCUT2D eigenvalue weighted by molar-refractivity contribution is -0.221. The van der Waals surface area contributed by atoms with Gasteiger partial charge in [-0.05, 0) is 31.2 Å². The molecule has 0 bridgehead atoms. The van der Waals surface area contributed by atoms with Gasteiger partial charge in [0.1, 0.15) is 22.7 Å². The zero-order valence-electron chi connectivity index (χ0n) is 21.0. The van der Waals surface area contributed by atoms with Crippen molar-refractivity contribution >= 4 is 33.4 Å². The summed E-state index contributed by atoms with van der Waals surface area (Å²) in [6.45, 7) is 1.85. The molecule has 5 aromatic rings. The average molecular weight is 540 g/mol. The zero-order valence-corrected chi connectivity index (χ0v) is 21.0. The van der Waals surface area contributed by atoms with Crippen LogP contribution in [0, 0.1) is 0 Å². The summed E-state index contributed by atoms with van der Waals surface area (Å²) in [5.74, 6) is 0.819. The van der Waals surface area contributed by atoms with E-state index < -0.39 is 12.3 Å². The normalized spacial score (nSPS) is 17.2. The molecule has 0 radical (unpaired) electrons. The number of aromatic nitrogens is 7. The number of nitrogens with zero attached hydrogens (tertiary/aromatic N) is 6. The van der Waals surface area contributed by atoms with E-state index in [1.54, 1.807) is 59.5 Å². The highest BCUT2D eigenvalue weighted by Crippen LogP contribution is 2.34. The average Bonchev–Trinajstić information content (AvgIpc) is 3.50. The van der Waals surface area contributed by atoms with E-state index >= 15 is 0 Å². The van der Waals surface area contributed by atoms with Crippen LogP contribution < -0.4 is 15.8 Å². The third-order valence-corrected chi connectivity index (χ3v) is 6.62. The monoisotopic (exact) mass is 539 g/mol. The lowest BCUT2D eigenvalue weighted by Gasteiger charge is -2.35. The Morgan fingerprint density at radius 3 is 2.74 bits per heavy atom. The topological polar surface area (TPSA) is 130 Å². The molecule has 0 unspecified atom stereocenters. The number of halogens is 3. The molecule has 1 aliphatic heterocycles. The molecular weight excluding hydrogens is 515 g/mol. The molecule has 0 amide bonds. The molecule has 0 aliphatic carbocycles. The number of alkyl halides is 3. The predicted octanol–water partition coefficient (Wildman–Crippen LogP) is 3.54. The van der Waals surface area contributed by atoms with Crippen LogP contribution in [0.5, 0.6) is 0 Å². The summed E-state index contributed by atoms with van der Waals surface area (Å²) in [6, 6.07) is 6.51. The molecule has 1 saturated heterocycles. The number of aryl methyl sites for hydroxylation is 1. The summed E-state index contributed by atoms with van der Waals surface area (Å²) in [5.41, 5.74) is 3.10. The lowest BCUT2D eigenvalue weighted by Crippen LogP contribution is -2.49. The number of fused-ring (bicyclic) bond motifs is 2. The maximum atomic E-state index is 13.4. The minimum absolute atomic E-state index is 0.0335. The maximum absolute atomic E-state index is 13.4. The van der Waals surface area contributed by atoms with Crippen molar-refractivity contribution in [2.24, 2.45) is 7.05 Å². The first kappa shape index (κ1) is 24.9. The molecule has 1 fully saturated rings. The second-order valence-electron chi connectivity index (χ2n) is 9.38. The van der Waals surface area contributed by atoms with Crippen molar-refractivity contribution in [1.29, 1.82) is 0 Å². The van der Waals surface area contributed by atoms with Crippen molar-refractivity contribution in [2.75, 3.05) is 29.9 Å². The molecule has 0 saturated carbocycles. The van der Waals surface area contributed by atoms with E-state index in [1.165, 1.54) is 0 Å². The second-order valence-corrected chi connectivity index (χ2v) is 9.38. The van der Waals surface area contributed by atoms with Crippen LogP contribution in [0.15, 0.2) is 47.7 Å². The Balaban J connectivity index is 1.41. The number of hydrogen-bond donors (Lipinski definition) is 3. The van der Waals surface area contributed by atoms with E-state index in [1.807, 2.05) is 6.92 Å². The summed E-state index contributed by atoms with van der Waals surface area (Å²) >= 11 is 0. The van der Waals surface area contributed by atoms with Gasteiger partial charge in [0, 0.05) is 37.9 Å². The largest absolute Gasteiger partial charge is 0.416 e. The Labute approximate surface area is 219 Å². The molecule has 5 heterocycles. The number of anilines is 2. The summed E-state index contributed by atoms with van der Waals surface area (Å²) < 4.78 is 46.2. The number of ether oxygens (including phenoxy) is 1. The van der Waals surface area contributed by atoms with Crippen LogP contribution in [0.25, 0.3) is 33.5 Å². The molecule has 14 heteroatoms. The van der Waals surface area contributed by atoms with Gasteiger partial charge in [-0.15, -0.1) is 0 Å². The SMILES string of the molecule is C[C@H](Nc1c(-c2nc3ccc(N4CCO[C@H](C(F)(F)F)C4)cc3[nH]2)c(=O)[nH]c2cn(C)nc12)c1ncccn1. The number of hydrogen-bond acceptors (Lipinski definition) is 8. The van der Waals surface area contributed by atoms with Gasteiger partial charge >= 0.3 is 6.18 Å². The van der Waals surface area contributed by atoms with Gasteiger partial charge in [-0.2, -0.15) is 18.3 Å². The fourth-order valence-electron chi connectivity index (χ4n) is 4.76. The summed E-state index contributed by atoms with van der Waals surface area (Å²) in [7, 11) is 1.75. The zero-order chi connectivity index (χ0) is 27.3. The third-order valence-electron chi connectivity index (χ3n) is 6.62. The quantitative estimate of drug-likeness (QED) is 0.309. The van der Waals surface area contributed by atoms with E-state index in [4.69, 9.17) is 4.74 Å². The van der Waals surface area contributed by atoms with E-state index in [-0.39, 0.29) is 36.1 Å². The van der Waals surface area contributed by atoms with Crippen molar-refractivity contribution in [3.63, 3.8) is 0 Å². The van der Waals surface area contributed by atoms with E-state index in [2.05, 4.69) is 35.3 Å². The Morgan fingerprint density at radius 2 is 1.97 bits per heavy atom. The standard InChI is InChI=1S/C25H24F3N9O2/c1-13(22-29-6-3-7-30-22)31-21-19(24(38)34-17-11-36(2)35-20(17)21)23-32-15-5-4-14(10-16(15)33-23)37-8-9-39-18(12-37)25(26,27)28/h3-7,10-11,13,18,31H,8-9,12H2,1-2H3,(H,32,33)(H,34,38)/t13-,18-/m0/s1. The number of aromatic amines is 2. The first-order chi connectivity index (χ1) is 18.7. The molecular formula is C25H24F3N9O2. The van der Waals surface area contributed by atoms with Crippen LogP contribution in [0.4, 0.5) is 24.5 Å². The van der Waals surface area contributed by atoms with Crippen molar-refractivity contribution in [2.45, 2.75) is 25.2 Å². The minimum Gasteiger partial charge on any atom is -0.373 e. The van der Waals surface area contributed by atoms with Crippen LogP contribution in [-0.4, -0.2) is 66.7 Å². The molecule has 0 spiro atoms. The summed E-state index contributed by atoms with van der Waals surface area (Å²) in [4.78, 5) is 34.3. The number of pyridine rings is 1. The molecule has 202 valence electrons. The Bertz CT molecular complexity index is 1710. The van der Waals surface area contributed by atoms with Gasteiger partial charge < -0.3 is 24.9 Å². The highest BCUT2D eigenvalue weighted by molar-refractivity contribution is 5.96. The van der Waals surface area contributed by atoms with Crippen LogP contribution in [-0.2, 0) is 11.8 Å². The second kappa shape index (κ2) is 9.38. The summed E-state index contributed by atoms with van der Waals surface area (Å²) in [6.07, 6.45) is -1.32. The molecule has 4 aromatic heterocycles. The van der Waals surface area contributed by atoms with Gasteiger partial charge in [-0.25, -0.2) is 15.0 Å². The first-order valence-electron chi connectivity index (χ1n) is 12.2. The third kappa shape index (κ3) is 4.67. The smallest absolute Gasteiger partial charge is 0.373 e. The van der Waals surface area contributed by atoms with Crippen LogP contribution in [0.2, 0.25) is 0 Å². The number of morpholine rings is 1. The number of rotatable bonds is 5. The summed E-state index contributed by atoms with van der Waals surface area (Å²) in [5, 5.41) is 7.87. The van der Waals surface area contributed by atoms with Gasteiger partial charge in [0.2, 0.25) is 0 Å². The van der Waals surface area contributed by atoms with Gasteiger partial charge in [-0.1, -0.05) is 0 Å². The number of nitrogens with one attached hydrogen (secondary N) is 3. The Morgan fingerprint density at radius 1 is 1.18 bits per heavy atom. The number of benzene rings is 1. The van der Waals surface area contributed by atoms with Gasteiger partial charge in [0.15, 0.2) is 6.10 Å². The Kier molecular flexibility index (Phi) is 5.98. The molecule has 11 nitrogen and oxygen atoms in total. The maximum Gasteiger partial charge on any atom is 0.416 e. The van der Waals surface area contributed by atoms with E-state index in [0.717, 1.165) is 0 Å². The lowest BCUT2D eigenvalue weighted by atomic mass is 10.1. The molecule has 1 aromatic carbocycles. The number of H-pyrrole nitrogens is 2. The Hall–Kier alpha value is -4.46. The highest BCUT2D eigenvalue weighted by atomic mass is 19.4. The van der Waals surface area contributed by atoms with Crippen molar-refractivity contribution in [3.8, 4) is 11.4 Å². The van der Waals surface area contributed by atoms with Crippen LogP contribution >= 0.6 is 0 Å². The van der Waals surface area contributed by atoms with E-state index in [0.29, 0.717) is 45.8 Å². The fourth-order valence-corrected chi connectivity index (χ4v) is 4.76. The first-order valence-corrected chi connectivity index (χ1v) is 12.2. The minimum atomic E-state index is -4.44. The molecule has 3 N–H and O–H groups in total. The van der Waals surface area contributed by atoms with E-state index in [9.17, 15) is 18.0 Å². The fraction of sp³-hybridized carbons (Fsp3) is 0.320. The van der Waals surface area contributed by atoms with Crippen molar-refractivity contribution in [1.82, 2.24) is 34.7 Å². The highest BCUT2D eigenvalue weighted by Gasteiger charge is 2.43. The molecule has 39 heavy (non-hydrogen) atoms. The number of imidazole rings is 1. The molecule has 6 rings (SSSR count). The van der Waals surface area contributed by atoms with Crippen LogP contribution in [0.1, 0.15) is 18.8 Å². The van der Waals surface area contributed by atoms with Gasteiger partial charge in [0.05, 0.1) is 41.4 Å².